The summed E-state index contributed by atoms with van der Waals surface area (Å²) in [4.78, 5) is 12.4. The molecule has 0 heterocycles. The molecule has 152 valence electrons. The smallest absolute Gasteiger partial charge is 0.314 e. The lowest BCUT2D eigenvalue weighted by Gasteiger charge is -2.37. The molecule has 2 fully saturated rings. The van der Waals surface area contributed by atoms with E-state index in [0.717, 1.165) is 57.3 Å². The number of nitriles is 1. The Morgan fingerprint density at radius 3 is 2.21 bits per heavy atom. The number of esters is 1. The number of hydrogen-bond donors (Lipinski definition) is 0. The highest BCUT2D eigenvalue weighted by atomic mass is 19.2. The number of halogens is 2. The van der Waals surface area contributed by atoms with Crippen LogP contribution in [0.5, 0.6) is 5.75 Å². The van der Waals surface area contributed by atoms with Crippen molar-refractivity contribution >= 4 is 5.97 Å². The molecule has 2 saturated carbocycles. The van der Waals surface area contributed by atoms with E-state index in [4.69, 9.17) is 14.7 Å². The molecule has 0 atom stereocenters. The maximum atomic E-state index is 14.0. The number of nitrogens with zero attached hydrogens (tertiary/aromatic N) is 1. The molecule has 2 aliphatic rings. The molecular formula is C22H27F2NO3. The van der Waals surface area contributed by atoms with Crippen LogP contribution < -0.4 is 4.74 Å². The summed E-state index contributed by atoms with van der Waals surface area (Å²) in [5.41, 5.74) is -0.406. The van der Waals surface area contributed by atoms with Crippen LogP contribution in [0.2, 0.25) is 0 Å². The fourth-order valence-electron chi connectivity index (χ4n) is 4.68. The van der Waals surface area contributed by atoms with Crippen molar-refractivity contribution in [3.8, 4) is 11.8 Å². The quantitative estimate of drug-likeness (QED) is 0.515. The minimum absolute atomic E-state index is 0.283. The van der Waals surface area contributed by atoms with Gasteiger partial charge in [0.2, 0.25) is 5.82 Å². The van der Waals surface area contributed by atoms with E-state index in [2.05, 4.69) is 0 Å². The average molecular weight is 391 g/mol. The molecule has 1 aromatic carbocycles. The van der Waals surface area contributed by atoms with Gasteiger partial charge < -0.3 is 9.47 Å². The van der Waals surface area contributed by atoms with Crippen LogP contribution in [0.15, 0.2) is 12.1 Å². The normalized spacial score (nSPS) is 27.8. The summed E-state index contributed by atoms with van der Waals surface area (Å²) in [7, 11) is 0. The Balaban J connectivity index is 1.49. The Kier molecular flexibility index (Phi) is 7.01. The van der Waals surface area contributed by atoms with Crippen LogP contribution in [0.25, 0.3) is 0 Å². The van der Waals surface area contributed by atoms with Crippen LogP contribution in [0.1, 0.15) is 63.9 Å². The van der Waals surface area contributed by atoms with Gasteiger partial charge in [0, 0.05) is 6.61 Å². The summed E-state index contributed by atoms with van der Waals surface area (Å²) < 4.78 is 38.5. The first kappa shape index (κ1) is 20.7. The van der Waals surface area contributed by atoms with Crippen LogP contribution in [0, 0.1) is 40.7 Å². The molecule has 3 rings (SSSR count). The van der Waals surface area contributed by atoms with E-state index in [1.54, 1.807) is 6.07 Å². The number of ether oxygens (including phenoxy) is 2. The zero-order valence-electron chi connectivity index (χ0n) is 16.3. The second-order valence-corrected chi connectivity index (χ2v) is 7.88. The van der Waals surface area contributed by atoms with Crippen LogP contribution in [0.4, 0.5) is 8.78 Å². The van der Waals surface area contributed by atoms with Gasteiger partial charge in [0.05, 0.1) is 17.6 Å². The predicted octanol–water partition coefficient (Wildman–Crippen LogP) is 5.14. The maximum Gasteiger partial charge on any atom is 0.314 e. The molecule has 0 amide bonds. The maximum absolute atomic E-state index is 14.0. The van der Waals surface area contributed by atoms with E-state index in [1.807, 2.05) is 6.92 Å². The molecule has 28 heavy (non-hydrogen) atoms. The number of benzene rings is 1. The molecule has 2 aliphatic carbocycles. The lowest BCUT2D eigenvalue weighted by Crippen LogP contribution is -2.31. The first-order valence-electron chi connectivity index (χ1n) is 10.2. The molecule has 0 aliphatic heterocycles. The minimum Gasteiger partial charge on any atom is -0.423 e. The lowest BCUT2D eigenvalue weighted by molar-refractivity contribution is -0.140. The minimum atomic E-state index is -1.29. The monoisotopic (exact) mass is 391 g/mol. The molecule has 0 N–H and O–H groups in total. The second kappa shape index (κ2) is 9.47. The Morgan fingerprint density at radius 1 is 1.04 bits per heavy atom. The van der Waals surface area contributed by atoms with Crippen molar-refractivity contribution in [2.24, 2.45) is 17.8 Å². The van der Waals surface area contributed by atoms with Gasteiger partial charge in [-0.25, -0.2) is 4.39 Å². The second-order valence-electron chi connectivity index (χ2n) is 7.88. The van der Waals surface area contributed by atoms with Gasteiger partial charge in [0.1, 0.15) is 6.07 Å². The fourth-order valence-corrected chi connectivity index (χ4v) is 4.68. The van der Waals surface area contributed by atoms with Crippen molar-refractivity contribution in [3.05, 3.63) is 29.3 Å². The molecule has 0 saturated heterocycles. The molecule has 6 heteroatoms. The number of carbonyl (C=O) groups excluding carboxylic acids is 1. The zero-order chi connectivity index (χ0) is 20.1. The van der Waals surface area contributed by atoms with Crippen molar-refractivity contribution in [3.63, 3.8) is 0 Å². The first-order chi connectivity index (χ1) is 13.5. The van der Waals surface area contributed by atoms with E-state index in [0.29, 0.717) is 17.9 Å². The third-order valence-corrected chi connectivity index (χ3v) is 6.27. The van der Waals surface area contributed by atoms with Crippen molar-refractivity contribution in [1.82, 2.24) is 0 Å². The van der Waals surface area contributed by atoms with Crippen molar-refractivity contribution < 1.29 is 23.0 Å². The highest BCUT2D eigenvalue weighted by molar-refractivity contribution is 5.75. The zero-order valence-corrected chi connectivity index (χ0v) is 16.3. The molecule has 0 unspecified atom stereocenters. The topological polar surface area (TPSA) is 59.3 Å². The van der Waals surface area contributed by atoms with Gasteiger partial charge in [-0.2, -0.15) is 9.65 Å². The standard InChI is InChI=1S/C22H27F2NO3/c1-2-27-18-10-7-15(8-11-18)14-3-5-16(6-4-14)22(26)28-19-12-9-17(13-25)20(23)21(19)24/h9,12,14-16,18H,2-8,10-11H2,1H3/t14-,15-,16-,18-. The Bertz CT molecular complexity index is 730. The predicted molar refractivity (Wildman–Crippen MR) is 99.5 cm³/mol. The molecule has 0 bridgehead atoms. The lowest BCUT2D eigenvalue weighted by atomic mass is 9.70. The number of hydrogen-bond acceptors (Lipinski definition) is 4. The number of carbonyl (C=O) groups is 1. The summed E-state index contributed by atoms with van der Waals surface area (Å²) in [6.07, 6.45) is 8.36. The van der Waals surface area contributed by atoms with Gasteiger partial charge in [-0.15, -0.1) is 0 Å². The van der Waals surface area contributed by atoms with Crippen LogP contribution in [-0.4, -0.2) is 18.7 Å². The van der Waals surface area contributed by atoms with Crippen LogP contribution in [0.3, 0.4) is 0 Å². The largest absolute Gasteiger partial charge is 0.423 e. The van der Waals surface area contributed by atoms with Gasteiger partial charge in [-0.05, 0) is 82.3 Å². The SMILES string of the molecule is CCO[C@H]1CC[C@H]([C@H]2CC[C@H](C(=O)Oc3ccc(C#N)c(F)c3F)CC2)CC1. The van der Waals surface area contributed by atoms with Gasteiger partial charge >= 0.3 is 5.97 Å². The van der Waals surface area contributed by atoms with E-state index < -0.39 is 28.9 Å². The molecular weight excluding hydrogens is 364 g/mol. The summed E-state index contributed by atoms with van der Waals surface area (Å²) in [5.74, 6) is -2.49. The van der Waals surface area contributed by atoms with Gasteiger partial charge in [-0.1, -0.05) is 0 Å². The van der Waals surface area contributed by atoms with Gasteiger partial charge in [-0.3, -0.25) is 4.79 Å². The van der Waals surface area contributed by atoms with E-state index in [9.17, 15) is 13.6 Å². The highest BCUT2D eigenvalue weighted by Gasteiger charge is 2.34. The highest BCUT2D eigenvalue weighted by Crippen LogP contribution is 2.41. The van der Waals surface area contributed by atoms with Crippen LogP contribution in [-0.2, 0) is 9.53 Å². The molecule has 4 nitrogen and oxygen atoms in total. The fraction of sp³-hybridized carbons (Fsp3) is 0.636. The van der Waals surface area contributed by atoms with Crippen molar-refractivity contribution in [2.75, 3.05) is 6.61 Å². The third kappa shape index (κ3) is 4.70. The first-order valence-corrected chi connectivity index (χ1v) is 10.2. The third-order valence-electron chi connectivity index (χ3n) is 6.27. The summed E-state index contributed by atoms with van der Waals surface area (Å²) in [6, 6.07) is 3.82. The van der Waals surface area contributed by atoms with Gasteiger partial charge in [0.25, 0.3) is 0 Å². The summed E-state index contributed by atoms with van der Waals surface area (Å²) in [5, 5.41) is 8.72. The number of rotatable bonds is 5. The Labute approximate surface area is 164 Å². The van der Waals surface area contributed by atoms with Gasteiger partial charge in [0.15, 0.2) is 11.6 Å². The van der Waals surface area contributed by atoms with Crippen molar-refractivity contribution in [2.45, 2.75) is 64.4 Å². The van der Waals surface area contributed by atoms with E-state index in [-0.39, 0.29) is 5.92 Å². The van der Waals surface area contributed by atoms with E-state index in [1.165, 1.54) is 12.8 Å². The van der Waals surface area contributed by atoms with E-state index >= 15 is 0 Å². The molecule has 0 spiro atoms. The summed E-state index contributed by atoms with van der Waals surface area (Å²) in [6.45, 7) is 2.80. The summed E-state index contributed by atoms with van der Waals surface area (Å²) >= 11 is 0. The Morgan fingerprint density at radius 2 is 1.64 bits per heavy atom. The molecule has 0 aromatic heterocycles. The molecule has 1 aromatic rings. The average Bonchev–Trinajstić information content (AvgIpc) is 2.72. The molecule has 0 radical (unpaired) electrons. The van der Waals surface area contributed by atoms with Crippen LogP contribution >= 0.6 is 0 Å². The van der Waals surface area contributed by atoms with Crippen molar-refractivity contribution in [1.29, 1.82) is 5.26 Å². The Hall–Kier alpha value is -2.00.